The molecule has 20 heavy (non-hydrogen) atoms. The molecule has 0 heterocycles. The van der Waals surface area contributed by atoms with Crippen LogP contribution in [0, 0.1) is 20.8 Å². The number of benzene rings is 2. The quantitative estimate of drug-likeness (QED) is 0.840. The van der Waals surface area contributed by atoms with Crippen LogP contribution >= 0.6 is 0 Å². The van der Waals surface area contributed by atoms with E-state index in [-0.39, 0.29) is 0 Å². The molecule has 1 N–H and O–H groups in total. The van der Waals surface area contributed by atoms with Gasteiger partial charge in [-0.15, -0.1) is 0 Å². The Labute approximate surface area is 123 Å². The average molecular weight is 267 g/mol. The van der Waals surface area contributed by atoms with Gasteiger partial charge in [0.05, 0.1) is 0 Å². The molecule has 2 aromatic rings. The molecule has 0 saturated carbocycles. The maximum atomic E-state index is 3.62. The summed E-state index contributed by atoms with van der Waals surface area (Å²) in [5.74, 6) is 0. The standard InChI is InChI=1S/C19H25N/c1-5-20-19(17-11-9-14(2)10-12-17)13-18-15(3)7-6-8-16(18)4/h6-12,19-20H,5,13H2,1-4H3. The molecule has 0 spiro atoms. The predicted octanol–water partition coefficient (Wildman–Crippen LogP) is 4.51. The molecule has 0 fully saturated rings. The molecule has 0 aromatic heterocycles. The van der Waals surface area contributed by atoms with Gasteiger partial charge in [-0.3, -0.25) is 0 Å². The Bertz CT molecular complexity index is 534. The molecule has 1 atom stereocenters. The lowest BCUT2D eigenvalue weighted by molar-refractivity contribution is 0.547. The third-order valence-corrected chi connectivity index (χ3v) is 3.98. The predicted molar refractivity (Wildman–Crippen MR) is 87.2 cm³/mol. The van der Waals surface area contributed by atoms with Crippen LogP contribution in [0.5, 0.6) is 0 Å². The van der Waals surface area contributed by atoms with Crippen LogP contribution in [0.15, 0.2) is 42.5 Å². The topological polar surface area (TPSA) is 12.0 Å². The molecule has 1 nitrogen and oxygen atoms in total. The maximum absolute atomic E-state index is 3.62. The zero-order chi connectivity index (χ0) is 14.5. The fourth-order valence-electron chi connectivity index (χ4n) is 2.73. The largest absolute Gasteiger partial charge is 0.310 e. The molecule has 0 saturated heterocycles. The van der Waals surface area contributed by atoms with Crippen molar-refractivity contribution in [2.45, 2.75) is 40.2 Å². The van der Waals surface area contributed by atoms with E-state index in [4.69, 9.17) is 0 Å². The molecule has 0 radical (unpaired) electrons. The number of hydrogen-bond acceptors (Lipinski definition) is 1. The maximum Gasteiger partial charge on any atom is 0.0360 e. The number of likely N-dealkylation sites (N-methyl/N-ethyl adjacent to an activating group) is 1. The van der Waals surface area contributed by atoms with Crippen LogP contribution in [0.3, 0.4) is 0 Å². The zero-order valence-electron chi connectivity index (χ0n) is 13.0. The normalized spacial score (nSPS) is 12.4. The summed E-state index contributed by atoms with van der Waals surface area (Å²) in [7, 11) is 0. The van der Waals surface area contributed by atoms with E-state index >= 15 is 0 Å². The second-order valence-electron chi connectivity index (χ2n) is 5.60. The Kier molecular flexibility index (Phi) is 4.97. The number of aryl methyl sites for hydroxylation is 3. The Morgan fingerprint density at radius 1 is 0.900 bits per heavy atom. The van der Waals surface area contributed by atoms with Crippen molar-refractivity contribution >= 4 is 0 Å². The van der Waals surface area contributed by atoms with E-state index in [2.05, 4.69) is 75.5 Å². The van der Waals surface area contributed by atoms with E-state index in [1.165, 1.54) is 27.8 Å². The molecule has 0 aliphatic rings. The minimum atomic E-state index is 0.389. The molecule has 0 bridgehead atoms. The van der Waals surface area contributed by atoms with E-state index in [0.717, 1.165) is 13.0 Å². The van der Waals surface area contributed by atoms with Crippen molar-refractivity contribution in [1.29, 1.82) is 0 Å². The monoisotopic (exact) mass is 267 g/mol. The van der Waals surface area contributed by atoms with Gasteiger partial charge >= 0.3 is 0 Å². The highest BCUT2D eigenvalue weighted by molar-refractivity contribution is 5.36. The SMILES string of the molecule is CCNC(Cc1c(C)cccc1C)c1ccc(C)cc1. The van der Waals surface area contributed by atoms with E-state index < -0.39 is 0 Å². The minimum Gasteiger partial charge on any atom is -0.310 e. The van der Waals surface area contributed by atoms with Crippen molar-refractivity contribution in [2.24, 2.45) is 0 Å². The Hall–Kier alpha value is -1.60. The molecule has 1 heteroatoms. The molecule has 2 aromatic carbocycles. The van der Waals surface area contributed by atoms with Gasteiger partial charge in [-0.05, 0) is 56.0 Å². The highest BCUT2D eigenvalue weighted by Crippen LogP contribution is 2.23. The smallest absolute Gasteiger partial charge is 0.0360 e. The first-order valence-electron chi connectivity index (χ1n) is 7.47. The summed E-state index contributed by atoms with van der Waals surface area (Å²) in [6.07, 6.45) is 1.05. The van der Waals surface area contributed by atoms with Crippen LogP contribution in [-0.2, 0) is 6.42 Å². The van der Waals surface area contributed by atoms with Crippen LogP contribution in [0.25, 0.3) is 0 Å². The lowest BCUT2D eigenvalue weighted by Crippen LogP contribution is -2.23. The molecule has 0 aliphatic heterocycles. The third-order valence-electron chi connectivity index (χ3n) is 3.98. The number of hydrogen-bond donors (Lipinski definition) is 1. The van der Waals surface area contributed by atoms with Gasteiger partial charge in [-0.2, -0.15) is 0 Å². The van der Waals surface area contributed by atoms with Crippen LogP contribution in [0.1, 0.15) is 40.8 Å². The van der Waals surface area contributed by atoms with Crippen molar-refractivity contribution in [2.75, 3.05) is 6.54 Å². The van der Waals surface area contributed by atoms with Gasteiger partial charge in [0.15, 0.2) is 0 Å². The number of rotatable bonds is 5. The second-order valence-corrected chi connectivity index (χ2v) is 5.60. The fourth-order valence-corrected chi connectivity index (χ4v) is 2.73. The molecule has 0 amide bonds. The Morgan fingerprint density at radius 2 is 1.50 bits per heavy atom. The van der Waals surface area contributed by atoms with E-state index in [0.29, 0.717) is 6.04 Å². The van der Waals surface area contributed by atoms with Crippen molar-refractivity contribution in [3.63, 3.8) is 0 Å². The van der Waals surface area contributed by atoms with Crippen LogP contribution < -0.4 is 5.32 Å². The molecule has 2 rings (SSSR count). The van der Waals surface area contributed by atoms with Gasteiger partial charge in [-0.25, -0.2) is 0 Å². The summed E-state index contributed by atoms with van der Waals surface area (Å²) in [4.78, 5) is 0. The molecular weight excluding hydrogens is 242 g/mol. The lowest BCUT2D eigenvalue weighted by atomic mass is 9.92. The summed E-state index contributed by atoms with van der Waals surface area (Å²) < 4.78 is 0. The first-order chi connectivity index (χ1) is 9.61. The van der Waals surface area contributed by atoms with Crippen molar-refractivity contribution in [3.05, 3.63) is 70.3 Å². The molecular formula is C19H25N. The summed E-state index contributed by atoms with van der Waals surface area (Å²) in [5.41, 5.74) is 6.94. The first-order valence-corrected chi connectivity index (χ1v) is 7.47. The average Bonchev–Trinajstić information content (AvgIpc) is 2.43. The van der Waals surface area contributed by atoms with Gasteiger partial charge in [0, 0.05) is 6.04 Å². The Morgan fingerprint density at radius 3 is 2.05 bits per heavy atom. The molecule has 0 aliphatic carbocycles. The Balaban J connectivity index is 2.28. The second kappa shape index (κ2) is 6.71. The molecule has 1 unspecified atom stereocenters. The minimum absolute atomic E-state index is 0.389. The first kappa shape index (κ1) is 14.8. The van der Waals surface area contributed by atoms with Crippen molar-refractivity contribution in [1.82, 2.24) is 5.32 Å². The summed E-state index contributed by atoms with van der Waals surface area (Å²) in [6, 6.07) is 15.8. The summed E-state index contributed by atoms with van der Waals surface area (Å²) in [5, 5.41) is 3.62. The van der Waals surface area contributed by atoms with E-state index in [9.17, 15) is 0 Å². The van der Waals surface area contributed by atoms with Gasteiger partial charge < -0.3 is 5.32 Å². The highest BCUT2D eigenvalue weighted by atomic mass is 14.9. The highest BCUT2D eigenvalue weighted by Gasteiger charge is 2.13. The fraction of sp³-hybridized carbons (Fsp3) is 0.368. The van der Waals surface area contributed by atoms with Crippen LogP contribution in [0.4, 0.5) is 0 Å². The lowest BCUT2D eigenvalue weighted by Gasteiger charge is -2.21. The van der Waals surface area contributed by atoms with Crippen molar-refractivity contribution in [3.8, 4) is 0 Å². The van der Waals surface area contributed by atoms with E-state index in [1.807, 2.05) is 0 Å². The van der Waals surface area contributed by atoms with Crippen LogP contribution in [0.2, 0.25) is 0 Å². The summed E-state index contributed by atoms with van der Waals surface area (Å²) >= 11 is 0. The number of nitrogens with one attached hydrogen (secondary N) is 1. The van der Waals surface area contributed by atoms with Gasteiger partial charge in [0.25, 0.3) is 0 Å². The van der Waals surface area contributed by atoms with Crippen molar-refractivity contribution < 1.29 is 0 Å². The van der Waals surface area contributed by atoms with Gasteiger partial charge in [0.2, 0.25) is 0 Å². The molecule has 106 valence electrons. The zero-order valence-corrected chi connectivity index (χ0v) is 13.0. The van der Waals surface area contributed by atoms with Crippen LogP contribution in [-0.4, -0.2) is 6.54 Å². The third kappa shape index (κ3) is 3.49. The van der Waals surface area contributed by atoms with Gasteiger partial charge in [-0.1, -0.05) is 55.0 Å². The van der Waals surface area contributed by atoms with E-state index in [1.54, 1.807) is 0 Å². The summed E-state index contributed by atoms with van der Waals surface area (Å²) in [6.45, 7) is 9.72. The van der Waals surface area contributed by atoms with Gasteiger partial charge in [0.1, 0.15) is 0 Å².